The number of benzene rings is 1. The van der Waals surface area contributed by atoms with Crippen LogP contribution in [0.1, 0.15) is 32.3 Å². The first-order valence-corrected chi connectivity index (χ1v) is 7.70. The van der Waals surface area contributed by atoms with Crippen LogP contribution < -0.4 is 5.32 Å². The predicted molar refractivity (Wildman–Crippen MR) is 85.6 cm³/mol. The summed E-state index contributed by atoms with van der Waals surface area (Å²) in [6, 6.07) is 8.72. The Labute approximate surface area is 136 Å². The first kappa shape index (κ1) is 19.0. The monoisotopic (exact) mass is 323 g/mol. The highest BCUT2D eigenvalue weighted by atomic mass is 16.5. The van der Waals surface area contributed by atoms with Crippen molar-refractivity contribution in [3.8, 4) is 0 Å². The fourth-order valence-electron chi connectivity index (χ4n) is 2.15. The van der Waals surface area contributed by atoms with E-state index >= 15 is 0 Å². The number of ether oxygens (including phenoxy) is 2. The maximum absolute atomic E-state index is 11.9. The van der Waals surface area contributed by atoms with Crippen LogP contribution in [-0.4, -0.2) is 36.4 Å². The molecule has 0 bridgehead atoms. The number of nitrogens with one attached hydrogen (secondary N) is 1. The van der Waals surface area contributed by atoms with Crippen molar-refractivity contribution in [1.82, 2.24) is 5.32 Å². The number of amides is 1. The first-order chi connectivity index (χ1) is 11.0. The van der Waals surface area contributed by atoms with E-state index in [0.717, 1.165) is 12.0 Å². The van der Waals surface area contributed by atoms with Gasteiger partial charge < -0.3 is 19.9 Å². The fraction of sp³-hybridized carbons (Fsp3) is 0.529. The molecule has 0 spiro atoms. The van der Waals surface area contributed by atoms with E-state index in [1.54, 1.807) is 0 Å². The lowest BCUT2D eigenvalue weighted by Crippen LogP contribution is -2.48. The summed E-state index contributed by atoms with van der Waals surface area (Å²) < 4.78 is 9.71. The van der Waals surface area contributed by atoms with Crippen molar-refractivity contribution in [2.45, 2.75) is 45.4 Å². The lowest BCUT2D eigenvalue weighted by Gasteiger charge is -2.28. The van der Waals surface area contributed by atoms with E-state index in [2.05, 4.69) is 10.1 Å². The Morgan fingerprint density at radius 1 is 1.26 bits per heavy atom. The van der Waals surface area contributed by atoms with E-state index in [-0.39, 0.29) is 18.9 Å². The molecule has 1 aromatic carbocycles. The molecule has 0 aromatic heterocycles. The SMILES string of the molecule is CC[C@H](C)[C@H](NC(=O)OCc1ccccc1)[C@@H](O)CC(=O)OC. The Hall–Kier alpha value is -2.08. The highest BCUT2D eigenvalue weighted by Gasteiger charge is 2.28. The number of hydrogen-bond acceptors (Lipinski definition) is 5. The van der Waals surface area contributed by atoms with Crippen LogP contribution in [0.5, 0.6) is 0 Å². The van der Waals surface area contributed by atoms with Crippen LogP contribution in [-0.2, 0) is 20.9 Å². The van der Waals surface area contributed by atoms with Crippen LogP contribution in [0.25, 0.3) is 0 Å². The van der Waals surface area contributed by atoms with Crippen LogP contribution in [0.4, 0.5) is 4.79 Å². The average Bonchev–Trinajstić information content (AvgIpc) is 2.57. The molecule has 0 aliphatic heterocycles. The Balaban J connectivity index is 2.58. The highest BCUT2D eigenvalue weighted by Crippen LogP contribution is 2.15. The smallest absolute Gasteiger partial charge is 0.407 e. The van der Waals surface area contributed by atoms with Crippen molar-refractivity contribution in [3.63, 3.8) is 0 Å². The standard InChI is InChI=1S/C17H25NO5/c1-4-12(2)16(14(19)10-15(20)22-3)18-17(21)23-11-13-8-6-5-7-9-13/h5-9,12,14,16,19H,4,10-11H2,1-3H3,(H,18,21)/t12-,14-,16-/m0/s1. The molecule has 3 atom stereocenters. The molecule has 0 fully saturated rings. The zero-order valence-corrected chi connectivity index (χ0v) is 13.8. The van der Waals surface area contributed by atoms with Gasteiger partial charge in [0.2, 0.25) is 0 Å². The number of esters is 1. The Bertz CT molecular complexity index is 491. The molecule has 1 amide bonds. The molecule has 0 saturated carbocycles. The first-order valence-electron chi connectivity index (χ1n) is 7.70. The van der Waals surface area contributed by atoms with Gasteiger partial charge >= 0.3 is 12.1 Å². The average molecular weight is 323 g/mol. The van der Waals surface area contributed by atoms with Crippen molar-refractivity contribution in [3.05, 3.63) is 35.9 Å². The molecule has 0 heterocycles. The molecule has 23 heavy (non-hydrogen) atoms. The summed E-state index contributed by atoms with van der Waals surface area (Å²) in [6.07, 6.45) is -1.09. The lowest BCUT2D eigenvalue weighted by molar-refractivity contribution is -0.143. The van der Waals surface area contributed by atoms with Gasteiger partial charge in [-0.2, -0.15) is 0 Å². The van der Waals surface area contributed by atoms with Crippen molar-refractivity contribution in [1.29, 1.82) is 0 Å². The summed E-state index contributed by atoms with van der Waals surface area (Å²) in [4.78, 5) is 23.3. The zero-order chi connectivity index (χ0) is 17.2. The van der Waals surface area contributed by atoms with Gasteiger partial charge in [0, 0.05) is 0 Å². The maximum atomic E-state index is 11.9. The van der Waals surface area contributed by atoms with Crippen LogP contribution in [0, 0.1) is 5.92 Å². The second kappa shape index (κ2) is 9.84. The highest BCUT2D eigenvalue weighted by molar-refractivity contribution is 5.70. The predicted octanol–water partition coefficient (Wildman–Crippen LogP) is 2.25. The van der Waals surface area contributed by atoms with Gasteiger partial charge in [0.1, 0.15) is 6.61 Å². The minimum absolute atomic E-state index is 0.0149. The molecule has 0 aliphatic carbocycles. The van der Waals surface area contributed by atoms with Crippen molar-refractivity contribution < 1.29 is 24.2 Å². The summed E-state index contributed by atoms with van der Waals surface area (Å²) in [5, 5.41) is 12.8. The molecule has 0 unspecified atom stereocenters. The van der Waals surface area contributed by atoms with Crippen LogP contribution in [0.15, 0.2) is 30.3 Å². The molecule has 6 nitrogen and oxygen atoms in total. The molecule has 1 rings (SSSR count). The Morgan fingerprint density at radius 3 is 2.48 bits per heavy atom. The molecule has 1 aromatic rings. The number of aliphatic hydroxyl groups is 1. The number of carbonyl (C=O) groups is 2. The molecular weight excluding hydrogens is 298 g/mol. The third kappa shape index (κ3) is 6.69. The number of aliphatic hydroxyl groups excluding tert-OH is 1. The van der Waals surface area contributed by atoms with Crippen molar-refractivity contribution in [2.24, 2.45) is 5.92 Å². The van der Waals surface area contributed by atoms with Gasteiger partial charge in [0.25, 0.3) is 0 Å². The van der Waals surface area contributed by atoms with Gasteiger partial charge in [0.15, 0.2) is 0 Å². The summed E-state index contributed by atoms with van der Waals surface area (Å²) in [7, 11) is 1.26. The molecule has 6 heteroatoms. The number of rotatable bonds is 8. The van der Waals surface area contributed by atoms with Crippen LogP contribution in [0.3, 0.4) is 0 Å². The van der Waals surface area contributed by atoms with Gasteiger partial charge in [0.05, 0.1) is 25.7 Å². The summed E-state index contributed by atoms with van der Waals surface area (Å²) in [5.41, 5.74) is 0.873. The van der Waals surface area contributed by atoms with Crippen molar-refractivity contribution in [2.75, 3.05) is 7.11 Å². The van der Waals surface area contributed by atoms with E-state index in [1.165, 1.54) is 7.11 Å². The largest absolute Gasteiger partial charge is 0.469 e. The van der Waals surface area contributed by atoms with Gasteiger partial charge in [-0.1, -0.05) is 50.6 Å². The van der Waals surface area contributed by atoms with Crippen LogP contribution in [0.2, 0.25) is 0 Å². The fourth-order valence-corrected chi connectivity index (χ4v) is 2.15. The minimum atomic E-state index is -1.03. The summed E-state index contributed by atoms with van der Waals surface area (Å²) in [6.45, 7) is 3.98. The van der Waals surface area contributed by atoms with E-state index in [4.69, 9.17) is 4.74 Å². The molecule has 0 aliphatic rings. The maximum Gasteiger partial charge on any atom is 0.407 e. The number of carbonyl (C=O) groups excluding carboxylic acids is 2. The Morgan fingerprint density at radius 2 is 1.91 bits per heavy atom. The summed E-state index contributed by atoms with van der Waals surface area (Å²) in [5.74, 6) is -0.538. The zero-order valence-electron chi connectivity index (χ0n) is 13.8. The van der Waals surface area contributed by atoms with Gasteiger partial charge in [-0.25, -0.2) is 4.79 Å². The van der Waals surface area contributed by atoms with E-state index < -0.39 is 24.2 Å². The van der Waals surface area contributed by atoms with Crippen molar-refractivity contribution >= 4 is 12.1 Å². The molecule has 128 valence electrons. The Kier molecular flexibility index (Phi) is 8.11. The summed E-state index contributed by atoms with van der Waals surface area (Å²) >= 11 is 0. The van der Waals surface area contributed by atoms with Crippen LogP contribution >= 0.6 is 0 Å². The molecule has 2 N–H and O–H groups in total. The normalized spacial score (nSPS) is 14.4. The number of hydrogen-bond donors (Lipinski definition) is 2. The van der Waals surface area contributed by atoms with Gasteiger partial charge in [-0.05, 0) is 11.5 Å². The third-order valence-corrected chi connectivity index (χ3v) is 3.77. The minimum Gasteiger partial charge on any atom is -0.469 e. The quantitative estimate of drug-likeness (QED) is 0.717. The molecule has 0 saturated heterocycles. The topological polar surface area (TPSA) is 84.9 Å². The van der Waals surface area contributed by atoms with Gasteiger partial charge in [-0.15, -0.1) is 0 Å². The third-order valence-electron chi connectivity index (χ3n) is 3.77. The molecular formula is C17H25NO5. The van der Waals surface area contributed by atoms with Gasteiger partial charge in [-0.3, -0.25) is 4.79 Å². The van der Waals surface area contributed by atoms with E-state index in [0.29, 0.717) is 0 Å². The lowest BCUT2D eigenvalue weighted by atomic mass is 9.93. The number of methoxy groups -OCH3 is 1. The molecule has 0 radical (unpaired) electrons. The number of alkyl carbamates (subject to hydrolysis) is 1. The second-order valence-corrected chi connectivity index (χ2v) is 5.46. The van der Waals surface area contributed by atoms with E-state index in [1.807, 2.05) is 44.2 Å². The second-order valence-electron chi connectivity index (χ2n) is 5.46. The van der Waals surface area contributed by atoms with E-state index in [9.17, 15) is 14.7 Å².